The van der Waals surface area contributed by atoms with Gasteiger partial charge in [-0.05, 0) is 18.8 Å². The molecule has 3 nitrogen and oxygen atoms in total. The lowest BCUT2D eigenvalue weighted by Gasteiger charge is -2.17. The van der Waals surface area contributed by atoms with Crippen LogP contribution in [0.3, 0.4) is 0 Å². The molecule has 0 radical (unpaired) electrons. The van der Waals surface area contributed by atoms with E-state index in [1.165, 1.54) is 25.7 Å². The van der Waals surface area contributed by atoms with Crippen molar-refractivity contribution in [2.75, 3.05) is 6.54 Å². The molecular formula is C14H28N2O. The fourth-order valence-electron chi connectivity index (χ4n) is 2.63. The van der Waals surface area contributed by atoms with Crippen molar-refractivity contribution in [2.24, 2.45) is 11.7 Å². The molecule has 1 aliphatic rings. The highest BCUT2D eigenvalue weighted by molar-refractivity contribution is 5.76. The molecule has 3 heteroatoms. The van der Waals surface area contributed by atoms with Crippen LogP contribution in [-0.2, 0) is 4.79 Å². The number of unbranched alkanes of at least 4 members (excludes halogenated alkanes) is 1. The third kappa shape index (κ3) is 6.06. The highest BCUT2D eigenvalue weighted by Crippen LogP contribution is 2.28. The summed E-state index contributed by atoms with van der Waals surface area (Å²) in [7, 11) is 0. The molecule has 0 heterocycles. The zero-order valence-electron chi connectivity index (χ0n) is 11.2. The quantitative estimate of drug-likeness (QED) is 0.685. The fourth-order valence-corrected chi connectivity index (χ4v) is 2.63. The van der Waals surface area contributed by atoms with Crippen molar-refractivity contribution in [1.29, 1.82) is 0 Å². The number of carbonyl (C=O) groups excluding carboxylic acids is 1. The zero-order chi connectivity index (χ0) is 12.5. The Bertz CT molecular complexity index is 212. The molecule has 0 spiro atoms. The van der Waals surface area contributed by atoms with E-state index in [9.17, 15) is 4.79 Å². The average molecular weight is 240 g/mol. The summed E-state index contributed by atoms with van der Waals surface area (Å²) in [6, 6.07) is 0.186. The van der Waals surface area contributed by atoms with Crippen LogP contribution in [-0.4, -0.2) is 18.5 Å². The molecule has 1 unspecified atom stereocenters. The second-order valence-electron chi connectivity index (χ2n) is 5.33. The van der Waals surface area contributed by atoms with Crippen LogP contribution in [0.5, 0.6) is 0 Å². The number of rotatable bonds is 8. The Kier molecular flexibility index (Phi) is 7.25. The Balaban J connectivity index is 2.12. The van der Waals surface area contributed by atoms with Gasteiger partial charge in [-0.3, -0.25) is 4.79 Å². The van der Waals surface area contributed by atoms with E-state index in [1.54, 1.807) is 0 Å². The van der Waals surface area contributed by atoms with Crippen LogP contribution in [0.4, 0.5) is 0 Å². The molecule has 1 atom stereocenters. The molecule has 100 valence electrons. The van der Waals surface area contributed by atoms with Crippen molar-refractivity contribution in [1.82, 2.24) is 5.32 Å². The van der Waals surface area contributed by atoms with Gasteiger partial charge in [0.1, 0.15) is 0 Å². The van der Waals surface area contributed by atoms with Gasteiger partial charge in [0.25, 0.3) is 0 Å². The van der Waals surface area contributed by atoms with Crippen LogP contribution in [0, 0.1) is 5.92 Å². The minimum Gasteiger partial charge on any atom is -0.352 e. The number of carbonyl (C=O) groups is 1. The lowest BCUT2D eigenvalue weighted by molar-refractivity contribution is -0.122. The first-order chi connectivity index (χ1) is 8.26. The van der Waals surface area contributed by atoms with E-state index >= 15 is 0 Å². The standard InChI is InChI=1S/C14H28N2O/c1-2-3-8-13(11-15)16-14(17)10-9-12-6-4-5-7-12/h12-13H,2-11,15H2,1H3,(H,16,17). The van der Waals surface area contributed by atoms with Crippen LogP contribution in [0.1, 0.15) is 64.7 Å². The first kappa shape index (κ1) is 14.5. The molecule has 0 aromatic heterocycles. The van der Waals surface area contributed by atoms with Crippen molar-refractivity contribution < 1.29 is 4.79 Å². The molecular weight excluding hydrogens is 212 g/mol. The zero-order valence-corrected chi connectivity index (χ0v) is 11.2. The predicted octanol–water partition coefficient (Wildman–Crippen LogP) is 2.59. The van der Waals surface area contributed by atoms with Crippen LogP contribution in [0.15, 0.2) is 0 Å². The van der Waals surface area contributed by atoms with Gasteiger partial charge in [0.2, 0.25) is 5.91 Å². The monoisotopic (exact) mass is 240 g/mol. The highest BCUT2D eigenvalue weighted by atomic mass is 16.1. The molecule has 0 aromatic rings. The summed E-state index contributed by atoms with van der Waals surface area (Å²) in [5.41, 5.74) is 5.67. The van der Waals surface area contributed by atoms with Gasteiger partial charge < -0.3 is 11.1 Å². The van der Waals surface area contributed by atoms with Gasteiger partial charge in [0.05, 0.1) is 0 Å². The lowest BCUT2D eigenvalue weighted by atomic mass is 10.0. The van der Waals surface area contributed by atoms with E-state index < -0.39 is 0 Å². The number of nitrogens with one attached hydrogen (secondary N) is 1. The van der Waals surface area contributed by atoms with E-state index in [2.05, 4.69) is 12.2 Å². The smallest absolute Gasteiger partial charge is 0.220 e. The maximum atomic E-state index is 11.8. The molecule has 1 aliphatic carbocycles. The Morgan fingerprint density at radius 1 is 1.41 bits per heavy atom. The third-order valence-electron chi connectivity index (χ3n) is 3.81. The summed E-state index contributed by atoms with van der Waals surface area (Å²) in [5, 5.41) is 3.06. The third-order valence-corrected chi connectivity index (χ3v) is 3.81. The summed E-state index contributed by atoms with van der Waals surface area (Å²) in [6.45, 7) is 2.73. The summed E-state index contributed by atoms with van der Waals surface area (Å²) in [4.78, 5) is 11.8. The molecule has 17 heavy (non-hydrogen) atoms. The number of amides is 1. The van der Waals surface area contributed by atoms with E-state index in [0.717, 1.165) is 31.6 Å². The van der Waals surface area contributed by atoms with Gasteiger partial charge in [0, 0.05) is 19.0 Å². The molecule has 0 saturated heterocycles. The first-order valence-corrected chi connectivity index (χ1v) is 7.25. The second-order valence-corrected chi connectivity index (χ2v) is 5.33. The molecule has 1 saturated carbocycles. The van der Waals surface area contributed by atoms with Crippen LogP contribution in [0.25, 0.3) is 0 Å². The minimum absolute atomic E-state index is 0.186. The second kappa shape index (κ2) is 8.51. The first-order valence-electron chi connectivity index (χ1n) is 7.25. The normalized spacial score (nSPS) is 18.2. The van der Waals surface area contributed by atoms with Gasteiger partial charge in [-0.1, -0.05) is 45.4 Å². The van der Waals surface area contributed by atoms with Crippen molar-refractivity contribution in [3.8, 4) is 0 Å². The lowest BCUT2D eigenvalue weighted by Crippen LogP contribution is -2.40. The fraction of sp³-hybridized carbons (Fsp3) is 0.929. The molecule has 1 rings (SSSR count). The van der Waals surface area contributed by atoms with E-state index in [-0.39, 0.29) is 11.9 Å². The van der Waals surface area contributed by atoms with E-state index in [1.807, 2.05) is 0 Å². The van der Waals surface area contributed by atoms with Crippen molar-refractivity contribution in [3.05, 3.63) is 0 Å². The Hall–Kier alpha value is -0.570. The van der Waals surface area contributed by atoms with Gasteiger partial charge in [0.15, 0.2) is 0 Å². The maximum absolute atomic E-state index is 11.8. The summed E-state index contributed by atoms with van der Waals surface area (Å²) in [5.74, 6) is 0.996. The Morgan fingerprint density at radius 2 is 2.12 bits per heavy atom. The summed E-state index contributed by atoms with van der Waals surface area (Å²) in [6.07, 6.45) is 10.4. The van der Waals surface area contributed by atoms with Gasteiger partial charge in [-0.2, -0.15) is 0 Å². The van der Waals surface area contributed by atoms with Crippen LogP contribution >= 0.6 is 0 Å². The van der Waals surface area contributed by atoms with Crippen molar-refractivity contribution in [3.63, 3.8) is 0 Å². The topological polar surface area (TPSA) is 55.1 Å². The highest BCUT2D eigenvalue weighted by Gasteiger charge is 2.17. The molecule has 1 amide bonds. The van der Waals surface area contributed by atoms with Crippen LogP contribution < -0.4 is 11.1 Å². The largest absolute Gasteiger partial charge is 0.352 e. The van der Waals surface area contributed by atoms with Crippen LogP contribution in [0.2, 0.25) is 0 Å². The molecule has 1 fully saturated rings. The number of hydrogen-bond acceptors (Lipinski definition) is 2. The number of hydrogen-bond donors (Lipinski definition) is 2. The molecule has 0 aliphatic heterocycles. The SMILES string of the molecule is CCCCC(CN)NC(=O)CCC1CCCC1. The predicted molar refractivity (Wildman–Crippen MR) is 71.7 cm³/mol. The van der Waals surface area contributed by atoms with Gasteiger partial charge in [-0.15, -0.1) is 0 Å². The minimum atomic E-state index is 0.186. The molecule has 0 aromatic carbocycles. The Labute approximate surface area is 106 Å². The van der Waals surface area contributed by atoms with Crippen molar-refractivity contribution in [2.45, 2.75) is 70.8 Å². The summed E-state index contributed by atoms with van der Waals surface area (Å²) >= 11 is 0. The van der Waals surface area contributed by atoms with E-state index in [0.29, 0.717) is 13.0 Å². The average Bonchev–Trinajstić information content (AvgIpc) is 2.85. The van der Waals surface area contributed by atoms with E-state index in [4.69, 9.17) is 5.73 Å². The molecule has 3 N–H and O–H groups in total. The van der Waals surface area contributed by atoms with Crippen molar-refractivity contribution >= 4 is 5.91 Å². The van der Waals surface area contributed by atoms with Gasteiger partial charge >= 0.3 is 0 Å². The maximum Gasteiger partial charge on any atom is 0.220 e. The Morgan fingerprint density at radius 3 is 2.71 bits per heavy atom. The molecule has 0 bridgehead atoms. The summed E-state index contributed by atoms with van der Waals surface area (Å²) < 4.78 is 0. The van der Waals surface area contributed by atoms with Gasteiger partial charge in [-0.25, -0.2) is 0 Å². The number of nitrogens with two attached hydrogens (primary N) is 1.